The van der Waals surface area contributed by atoms with E-state index < -0.39 is 0 Å². The fourth-order valence-electron chi connectivity index (χ4n) is 5.65. The Hall–Kier alpha value is -0.911. The van der Waals surface area contributed by atoms with E-state index in [1.807, 2.05) is 0 Å². The molecule has 0 spiro atoms. The van der Waals surface area contributed by atoms with Crippen molar-refractivity contribution in [1.82, 2.24) is 9.56 Å². The molecular formula is C36H58IN3Se. The average molecular weight is 739 g/mol. The number of rotatable bonds is 21. The van der Waals surface area contributed by atoms with Gasteiger partial charge in [-0.15, -0.1) is 0 Å². The maximum Gasteiger partial charge on any atom is -1.00 e. The Balaban J connectivity index is 0.00000588. The predicted octanol–water partition coefficient (Wildman–Crippen LogP) is 6.30. The summed E-state index contributed by atoms with van der Waals surface area (Å²) in [5.74, 6) is 0. The van der Waals surface area contributed by atoms with Crippen LogP contribution in [0.5, 0.6) is 0 Å². The van der Waals surface area contributed by atoms with Gasteiger partial charge in [0.15, 0.2) is 0 Å². The second-order valence-electron chi connectivity index (χ2n) is 11.7. The van der Waals surface area contributed by atoms with Crippen LogP contribution in [0.4, 0.5) is 5.69 Å². The number of hydrogen-bond acceptors (Lipinski definition) is 2. The number of fused-ring (bicyclic) bond motifs is 2. The van der Waals surface area contributed by atoms with E-state index in [4.69, 9.17) is 4.98 Å². The topological polar surface area (TPSA) is 19.1 Å². The predicted molar refractivity (Wildman–Crippen MR) is 179 cm³/mol. The van der Waals surface area contributed by atoms with E-state index in [9.17, 15) is 0 Å². The zero-order valence-electron chi connectivity index (χ0n) is 26.7. The van der Waals surface area contributed by atoms with Gasteiger partial charge in [0, 0.05) is 0 Å². The third kappa shape index (κ3) is 12.7. The normalized spacial score (nSPS) is 11.2. The summed E-state index contributed by atoms with van der Waals surface area (Å²) in [5.41, 5.74) is 3.80. The molecule has 1 aromatic carbocycles. The van der Waals surface area contributed by atoms with Gasteiger partial charge in [-0.2, -0.15) is 0 Å². The fraction of sp³-hybridized carbons (Fsp3) is 0.667. The summed E-state index contributed by atoms with van der Waals surface area (Å²) in [6.45, 7) is 13.9. The molecule has 0 radical (unpaired) electrons. The minimum absolute atomic E-state index is 0. The molecule has 1 heterocycles. The van der Waals surface area contributed by atoms with Gasteiger partial charge in [0.2, 0.25) is 0 Å². The molecule has 0 fully saturated rings. The van der Waals surface area contributed by atoms with Crippen molar-refractivity contribution in [3.63, 3.8) is 0 Å². The molecule has 1 aliphatic carbocycles. The fourth-order valence-corrected chi connectivity index (χ4v) is 7.82. The van der Waals surface area contributed by atoms with Crippen LogP contribution >= 0.6 is 0 Å². The molecule has 41 heavy (non-hydrogen) atoms. The number of aromatic nitrogens is 1. The molecule has 3 nitrogen and oxygen atoms in total. The van der Waals surface area contributed by atoms with Crippen molar-refractivity contribution in [1.29, 1.82) is 0 Å². The number of halogens is 1. The Morgan fingerprint density at radius 2 is 1.20 bits per heavy atom. The van der Waals surface area contributed by atoms with E-state index in [0.717, 1.165) is 0 Å². The van der Waals surface area contributed by atoms with Crippen molar-refractivity contribution in [3.05, 3.63) is 41.8 Å². The first-order chi connectivity index (χ1) is 19.7. The maximum atomic E-state index is 5.13. The number of hydrogen-bond donors (Lipinski definition) is 0. The van der Waals surface area contributed by atoms with Crippen molar-refractivity contribution >= 4 is 30.0 Å². The van der Waals surface area contributed by atoms with Crippen molar-refractivity contribution in [2.45, 2.75) is 130 Å². The number of anilines is 1. The van der Waals surface area contributed by atoms with Crippen molar-refractivity contribution in [2.75, 3.05) is 31.1 Å². The van der Waals surface area contributed by atoms with Crippen LogP contribution in [0, 0.1) is 0 Å². The summed E-state index contributed by atoms with van der Waals surface area (Å²) in [6.07, 6.45) is 21.2. The van der Waals surface area contributed by atoms with E-state index in [1.165, 1.54) is 160 Å². The van der Waals surface area contributed by atoms with Crippen LogP contribution < -0.4 is 38.8 Å². The molecule has 0 atom stereocenters. The first-order valence-corrected chi connectivity index (χ1v) is 18.6. The number of benzene rings is 2. The van der Waals surface area contributed by atoms with E-state index in [1.54, 1.807) is 0 Å². The van der Waals surface area contributed by atoms with E-state index in [-0.39, 0.29) is 24.0 Å². The van der Waals surface area contributed by atoms with Gasteiger partial charge >= 0.3 is 253 Å². The standard InChI is InChI=1S/C36H58N3Se.HI/c1-5-9-13-17-25-38(26-18-14-10-6-2)31-21-23-33-35(29-31)40-36-30-32(22-24-34(36)37-33)39(27-19-15-11-7-3)28-20-16-12-8-4;/h21-24,29-30H,5-20,25-28H2,1-4H3;1H/q+1;/p-1. The first-order valence-electron chi connectivity index (χ1n) is 16.9. The third-order valence-corrected chi connectivity index (χ3v) is 10.5. The molecule has 0 saturated heterocycles. The smallest absolute Gasteiger partial charge is 1.00 e. The van der Waals surface area contributed by atoms with Crippen LogP contribution in [0.3, 0.4) is 0 Å². The molecule has 0 unspecified atom stereocenters. The van der Waals surface area contributed by atoms with Gasteiger partial charge in [-0.25, -0.2) is 0 Å². The van der Waals surface area contributed by atoms with Gasteiger partial charge in [0.25, 0.3) is 0 Å². The molecule has 230 valence electrons. The van der Waals surface area contributed by atoms with Gasteiger partial charge in [-0.3, -0.25) is 0 Å². The van der Waals surface area contributed by atoms with E-state index in [2.05, 4.69) is 73.6 Å². The summed E-state index contributed by atoms with van der Waals surface area (Å²) in [6, 6.07) is 14.2. The minimum Gasteiger partial charge on any atom is -1.00 e. The monoisotopic (exact) mass is 739 g/mol. The van der Waals surface area contributed by atoms with Crippen molar-refractivity contribution in [2.24, 2.45) is 0 Å². The van der Waals surface area contributed by atoms with Gasteiger partial charge < -0.3 is 24.0 Å². The Kier molecular flexibility index (Phi) is 19.2. The minimum atomic E-state index is 0. The van der Waals surface area contributed by atoms with E-state index in [0.29, 0.717) is 14.5 Å². The maximum absolute atomic E-state index is 5.13. The molecule has 5 heteroatoms. The zero-order valence-corrected chi connectivity index (χ0v) is 30.6. The molecule has 0 bridgehead atoms. The van der Waals surface area contributed by atoms with Gasteiger partial charge in [0.05, 0.1) is 0 Å². The second-order valence-corrected chi connectivity index (χ2v) is 14.0. The summed E-state index contributed by atoms with van der Waals surface area (Å²) in [4.78, 5) is 7.80. The van der Waals surface area contributed by atoms with Crippen molar-refractivity contribution in [3.8, 4) is 10.1 Å². The van der Waals surface area contributed by atoms with Crippen LogP contribution in [0.2, 0.25) is 0 Å². The molecule has 0 saturated carbocycles. The van der Waals surface area contributed by atoms with E-state index >= 15 is 0 Å². The Bertz CT molecular complexity index is 1120. The quantitative estimate of drug-likeness (QED) is 0.0421. The summed E-state index contributed by atoms with van der Waals surface area (Å²) < 4.78 is 5.58. The molecule has 1 aromatic rings. The molecule has 1 aliphatic heterocycles. The summed E-state index contributed by atoms with van der Waals surface area (Å²) >= 11 is 0.296. The van der Waals surface area contributed by atoms with Crippen LogP contribution in [0.25, 0.3) is 19.9 Å². The largest absolute Gasteiger partial charge is 1.00 e. The van der Waals surface area contributed by atoms with Gasteiger partial charge in [-0.05, 0) is 0 Å². The SMILES string of the molecule is CCCCCCN(CCCCCC)c1ccc2nc3ccc(=[N+](CCCCCC)CCCCCC)cc-3[se]c2c1.[I-]. The average Bonchev–Trinajstić information content (AvgIpc) is 2.98. The number of unbranched alkanes of at least 4 members (excludes halogenated alkanes) is 12. The Morgan fingerprint density at radius 3 is 1.76 bits per heavy atom. The molecule has 0 aromatic heterocycles. The molecule has 3 rings (SSSR count). The molecule has 0 N–H and O–H groups in total. The van der Waals surface area contributed by atoms with Crippen molar-refractivity contribution < 1.29 is 24.0 Å². The van der Waals surface area contributed by atoms with Crippen LogP contribution in [-0.2, 0) is 0 Å². The van der Waals surface area contributed by atoms with Gasteiger partial charge in [0.1, 0.15) is 0 Å². The summed E-state index contributed by atoms with van der Waals surface area (Å²) in [7, 11) is 0. The molecular weight excluding hydrogens is 680 g/mol. The molecule has 2 aliphatic rings. The molecule has 0 amide bonds. The summed E-state index contributed by atoms with van der Waals surface area (Å²) in [5, 5.41) is 1.41. The van der Waals surface area contributed by atoms with Crippen LogP contribution in [0.1, 0.15) is 130 Å². The zero-order chi connectivity index (χ0) is 28.4. The first kappa shape index (κ1) is 36.3. The van der Waals surface area contributed by atoms with Crippen LogP contribution in [0.15, 0.2) is 36.4 Å². The number of nitrogens with zero attached hydrogens (tertiary/aromatic N) is 3. The Morgan fingerprint density at radius 1 is 0.634 bits per heavy atom. The Labute approximate surface area is 275 Å². The van der Waals surface area contributed by atoms with Gasteiger partial charge in [-0.1, -0.05) is 0 Å². The van der Waals surface area contributed by atoms with Crippen LogP contribution in [-0.4, -0.2) is 45.7 Å². The second kappa shape index (κ2) is 21.7. The third-order valence-electron chi connectivity index (χ3n) is 8.20.